The number of benzene rings is 1. The molecule has 1 aliphatic rings. The third kappa shape index (κ3) is 2.80. The Kier molecular flexibility index (Phi) is 3.75. The second-order valence-corrected chi connectivity index (χ2v) is 4.26. The molecule has 82 valence electrons. The monoisotopic (exact) mass is 205 g/mol. The van der Waals surface area contributed by atoms with E-state index in [4.69, 9.17) is 0 Å². The van der Waals surface area contributed by atoms with Crippen LogP contribution in [0.3, 0.4) is 0 Å². The fraction of sp³-hybridized carbons (Fsp3) is 0.538. The Morgan fingerprint density at radius 1 is 1.20 bits per heavy atom. The third-order valence-electron chi connectivity index (χ3n) is 3.19. The second-order valence-electron chi connectivity index (χ2n) is 4.26. The zero-order valence-electron chi connectivity index (χ0n) is 9.45. The van der Waals surface area contributed by atoms with Crippen LogP contribution < -0.4 is 5.32 Å². The maximum atomic E-state index is 3.40. The Bertz CT molecular complexity index is 278. The van der Waals surface area contributed by atoms with E-state index in [-0.39, 0.29) is 0 Å². The number of likely N-dealkylation sites (N-methyl/N-ethyl adjacent to an activating group) is 1. The van der Waals surface area contributed by atoms with E-state index in [2.05, 4.69) is 40.5 Å². The lowest BCUT2D eigenvalue weighted by Gasteiger charge is -2.23. The largest absolute Gasteiger partial charge is 0.312 e. The number of nitrogens with zero attached hydrogens (tertiary/aromatic N) is 1. The zero-order chi connectivity index (χ0) is 10.5. The Hall–Kier alpha value is -0.860. The molecule has 1 N–H and O–H groups in total. The van der Waals surface area contributed by atoms with Gasteiger partial charge < -0.3 is 10.2 Å². The molecule has 2 nitrogen and oxygen atoms in total. The molecule has 0 unspecified atom stereocenters. The van der Waals surface area contributed by atoms with Gasteiger partial charge in [0.2, 0.25) is 0 Å². The van der Waals surface area contributed by atoms with Gasteiger partial charge in [-0.25, -0.2) is 0 Å². The molecule has 1 saturated heterocycles. The van der Waals surface area contributed by atoms with Crippen LogP contribution in [0, 0.1) is 0 Å². The van der Waals surface area contributed by atoms with Crippen molar-refractivity contribution in [3.63, 3.8) is 0 Å². The molecule has 2 rings (SSSR count). The Morgan fingerprint density at radius 2 is 1.87 bits per heavy atom. The normalized spacial score (nSPS) is 19.3. The van der Waals surface area contributed by atoms with Crippen molar-refractivity contribution in [1.29, 1.82) is 0 Å². The van der Waals surface area contributed by atoms with E-state index in [1.54, 1.807) is 0 Å². The fourth-order valence-corrected chi connectivity index (χ4v) is 2.27. The molecule has 0 amide bonds. The second kappa shape index (κ2) is 5.29. The van der Waals surface area contributed by atoms with E-state index in [1.165, 1.54) is 31.5 Å². The highest BCUT2D eigenvalue weighted by Gasteiger charge is 2.17. The first-order valence-electron chi connectivity index (χ1n) is 5.84. The van der Waals surface area contributed by atoms with E-state index < -0.39 is 0 Å². The van der Waals surface area contributed by atoms with Crippen molar-refractivity contribution in [3.05, 3.63) is 35.9 Å². The Morgan fingerprint density at radius 3 is 2.47 bits per heavy atom. The van der Waals surface area contributed by atoms with Crippen molar-refractivity contribution in [1.82, 2.24) is 10.2 Å². The highest BCUT2D eigenvalue weighted by atomic mass is 15.6. The minimum Gasteiger partial charge on any atom is -0.312 e. The van der Waals surface area contributed by atoms with E-state index >= 15 is 0 Å². The van der Waals surface area contributed by atoms with Crippen LogP contribution in [0.4, 0.5) is 0 Å². The van der Waals surface area contributed by atoms with Gasteiger partial charge in [0, 0.05) is 12.6 Å². The molecular weight excluding hydrogens is 185 g/mol. The zero-order valence-corrected chi connectivity index (χ0v) is 9.45. The lowest BCUT2D eigenvalue weighted by atomic mass is 10.1. The first-order chi connectivity index (χ1) is 7.40. The van der Waals surface area contributed by atoms with E-state index in [0.717, 1.165) is 6.54 Å². The summed E-state index contributed by atoms with van der Waals surface area (Å²) in [7, 11) is 2.05. The smallest absolute Gasteiger partial charge is 0.0446 e. The minimum atomic E-state index is 0.476. The summed E-state index contributed by atoms with van der Waals surface area (Å²) in [4.78, 5) is 2.55. The molecule has 0 bridgehead atoms. The van der Waals surface area contributed by atoms with Crippen molar-refractivity contribution < 1.29 is 0 Å². The van der Waals surface area contributed by atoms with Gasteiger partial charge in [0.1, 0.15) is 0 Å². The van der Waals surface area contributed by atoms with Crippen LogP contribution in [0.25, 0.3) is 0 Å². The van der Waals surface area contributed by atoms with Gasteiger partial charge in [-0.05, 0) is 38.5 Å². The molecule has 0 aliphatic carbocycles. The lowest BCUT2D eigenvalue weighted by Crippen LogP contribution is -2.31. The summed E-state index contributed by atoms with van der Waals surface area (Å²) in [6.07, 6.45) is 2.73. The van der Waals surface area contributed by atoms with Crippen LogP contribution in [-0.2, 0) is 0 Å². The van der Waals surface area contributed by atoms with Gasteiger partial charge in [-0.15, -0.1) is 0 Å². The van der Waals surface area contributed by atoms with Gasteiger partial charge in [-0.3, -0.25) is 0 Å². The first-order valence-corrected chi connectivity index (χ1v) is 5.84. The molecule has 0 radical (unpaired) electrons. The third-order valence-corrected chi connectivity index (χ3v) is 3.19. The number of rotatable bonds is 4. The molecule has 1 aromatic rings. The number of hydrogen-bond donors (Lipinski definition) is 1. The van der Waals surface area contributed by atoms with Crippen LogP contribution in [0.5, 0.6) is 0 Å². The molecule has 0 saturated carbocycles. The summed E-state index contributed by atoms with van der Waals surface area (Å²) in [5.41, 5.74) is 1.40. The minimum absolute atomic E-state index is 0.476. The Balaban J connectivity index is 1.97. The SMILES string of the molecule is C[15NH][C@H](CN1CCCC1)c1ccccc1. The van der Waals surface area contributed by atoms with Crippen molar-refractivity contribution in [2.24, 2.45) is 0 Å². The van der Waals surface area contributed by atoms with E-state index in [9.17, 15) is 0 Å². The van der Waals surface area contributed by atoms with E-state index in [1.807, 2.05) is 7.05 Å². The standard InChI is InChI=1S/C13H20N2/c1-14-13(11-15-9-5-6-10-15)12-7-3-2-4-8-12/h2-4,7-8,13-14H,5-6,9-11H2,1H3/t13-/m1/s1/i14+1. The molecule has 1 aromatic carbocycles. The highest BCUT2D eigenvalue weighted by molar-refractivity contribution is 5.19. The number of hydrogen-bond acceptors (Lipinski definition) is 2. The van der Waals surface area contributed by atoms with Crippen LogP contribution in [0.2, 0.25) is 0 Å². The van der Waals surface area contributed by atoms with Crippen LogP contribution in [0.1, 0.15) is 24.4 Å². The summed E-state index contributed by atoms with van der Waals surface area (Å²) in [6, 6.07) is 11.2. The molecule has 1 heterocycles. The molecule has 15 heavy (non-hydrogen) atoms. The maximum Gasteiger partial charge on any atom is 0.0446 e. The summed E-state index contributed by atoms with van der Waals surface area (Å²) in [5, 5.41) is 3.40. The van der Waals surface area contributed by atoms with E-state index in [0.29, 0.717) is 6.04 Å². The lowest BCUT2D eigenvalue weighted by molar-refractivity contribution is 0.299. The summed E-state index contributed by atoms with van der Waals surface area (Å²) < 4.78 is 0. The average Bonchev–Trinajstić information content (AvgIpc) is 2.80. The van der Waals surface area contributed by atoms with Gasteiger partial charge in [0.15, 0.2) is 0 Å². The highest BCUT2D eigenvalue weighted by Crippen LogP contribution is 2.16. The van der Waals surface area contributed by atoms with Gasteiger partial charge in [-0.1, -0.05) is 30.3 Å². The quantitative estimate of drug-likeness (QED) is 0.757. The van der Waals surface area contributed by atoms with Crippen molar-refractivity contribution in [2.45, 2.75) is 18.9 Å². The van der Waals surface area contributed by atoms with Gasteiger partial charge >= 0.3 is 0 Å². The van der Waals surface area contributed by atoms with Gasteiger partial charge in [-0.2, -0.15) is 0 Å². The molecule has 1 fully saturated rings. The molecule has 2 heteroatoms. The molecular formula is C13H20N2. The number of nitrogens with one attached hydrogen (secondary N) is 1. The summed E-state index contributed by atoms with van der Waals surface area (Å²) in [5.74, 6) is 0. The predicted molar refractivity (Wildman–Crippen MR) is 63.9 cm³/mol. The summed E-state index contributed by atoms with van der Waals surface area (Å²) >= 11 is 0. The molecule has 1 aliphatic heterocycles. The summed E-state index contributed by atoms with van der Waals surface area (Å²) in [6.45, 7) is 3.68. The van der Waals surface area contributed by atoms with Crippen LogP contribution in [-0.4, -0.2) is 31.6 Å². The molecule has 1 atom stereocenters. The van der Waals surface area contributed by atoms with Gasteiger partial charge in [0.25, 0.3) is 0 Å². The van der Waals surface area contributed by atoms with Crippen molar-refractivity contribution in [2.75, 3.05) is 26.7 Å². The van der Waals surface area contributed by atoms with Crippen LogP contribution >= 0.6 is 0 Å². The van der Waals surface area contributed by atoms with Crippen LogP contribution in [0.15, 0.2) is 30.3 Å². The van der Waals surface area contributed by atoms with Crippen molar-refractivity contribution >= 4 is 0 Å². The topological polar surface area (TPSA) is 15.3 Å². The fourth-order valence-electron chi connectivity index (χ4n) is 2.27. The molecule has 0 spiro atoms. The van der Waals surface area contributed by atoms with Gasteiger partial charge in [0.05, 0.1) is 0 Å². The maximum absolute atomic E-state index is 3.40. The van der Waals surface area contributed by atoms with Crippen molar-refractivity contribution in [3.8, 4) is 0 Å². The molecule has 0 aromatic heterocycles. The number of likely N-dealkylation sites (tertiary alicyclic amines) is 1. The average molecular weight is 205 g/mol. The Labute approximate surface area is 92.3 Å². The first kappa shape index (κ1) is 10.7. The predicted octanol–water partition coefficient (Wildman–Crippen LogP) is 2.04.